The van der Waals surface area contributed by atoms with Crippen LogP contribution in [-0.2, 0) is 6.42 Å². The molecule has 3 aromatic carbocycles. The number of nitrogens with one attached hydrogen (secondary N) is 1. The molecule has 2 N–H and O–H groups in total. The van der Waals surface area contributed by atoms with Crippen LogP contribution in [0.1, 0.15) is 47.1 Å². The lowest BCUT2D eigenvalue weighted by molar-refractivity contribution is 0.0697. The summed E-state index contributed by atoms with van der Waals surface area (Å²) in [5.74, 6) is -2.55. The zero-order chi connectivity index (χ0) is 24.9. The molecule has 4 aromatic rings. The number of benzene rings is 3. The predicted molar refractivity (Wildman–Crippen MR) is 129 cm³/mol. The van der Waals surface area contributed by atoms with E-state index in [1.54, 1.807) is 4.90 Å². The maximum Gasteiger partial charge on any atom is 0.335 e. The average Bonchev–Trinajstić information content (AvgIpc) is 3.17. The van der Waals surface area contributed by atoms with Crippen LogP contribution in [0.2, 0.25) is 0 Å². The average molecular weight is 479 g/mol. The molecule has 0 amide bonds. The number of carbonyl (C=O) groups is 1. The number of hydrogen-bond donors (Lipinski definition) is 2. The fourth-order valence-corrected chi connectivity index (χ4v) is 5.09. The number of fused-ring (bicyclic) bond motifs is 3. The first-order valence-corrected chi connectivity index (χ1v) is 11.5. The van der Waals surface area contributed by atoms with Gasteiger partial charge in [-0.1, -0.05) is 30.3 Å². The van der Waals surface area contributed by atoms with Crippen LogP contribution in [0.3, 0.4) is 0 Å². The molecule has 0 aliphatic carbocycles. The normalized spacial score (nSPS) is 16.4. The lowest BCUT2D eigenvalue weighted by atomic mass is 9.89. The van der Waals surface area contributed by atoms with Gasteiger partial charge in [-0.05, 0) is 67.3 Å². The monoisotopic (exact) mass is 478 g/mol. The molecule has 0 spiro atoms. The van der Waals surface area contributed by atoms with Crippen molar-refractivity contribution in [3.05, 3.63) is 94.7 Å². The topological polar surface area (TPSA) is 56.3 Å². The van der Waals surface area contributed by atoms with Gasteiger partial charge in [0, 0.05) is 35.2 Å². The minimum absolute atomic E-state index is 0.0176. The lowest BCUT2D eigenvalue weighted by Gasteiger charge is -2.38. The van der Waals surface area contributed by atoms with E-state index in [1.165, 1.54) is 50.2 Å². The highest BCUT2D eigenvalue weighted by Gasteiger charge is 2.37. The van der Waals surface area contributed by atoms with Crippen molar-refractivity contribution in [2.45, 2.75) is 32.0 Å². The summed E-state index contributed by atoms with van der Waals surface area (Å²) < 4.78 is 46.1. The van der Waals surface area contributed by atoms with E-state index in [0.29, 0.717) is 29.8 Å². The summed E-state index contributed by atoms with van der Waals surface area (Å²) in [5.41, 5.74) is 1.74. The molecular weight excluding hydrogens is 453 g/mol. The molecule has 0 bridgehead atoms. The highest BCUT2D eigenvalue weighted by molar-refractivity contribution is 5.88. The second-order valence-corrected chi connectivity index (χ2v) is 9.64. The first kappa shape index (κ1) is 23.2. The van der Waals surface area contributed by atoms with Gasteiger partial charge in [0.1, 0.15) is 17.3 Å². The predicted octanol–water partition coefficient (Wildman–Crippen LogP) is 6.51. The number of hydrogen-bond acceptors (Lipinski definition) is 2. The summed E-state index contributed by atoms with van der Waals surface area (Å²) >= 11 is 0. The standard InChI is InChI=1S/C28H25F3N2O2/c1-28(2,31)15-33-12-11-20-19-5-3-4-6-23(19)32-25(20)26(33)24-21(29)13-18(14-22(24)30)16-7-9-17(10-8-16)27(34)35/h3-10,13-14,26,32H,11-12,15H2,1-2H3,(H,34,35). The van der Waals surface area contributed by atoms with E-state index in [9.17, 15) is 9.18 Å². The van der Waals surface area contributed by atoms with Crippen molar-refractivity contribution in [3.8, 4) is 11.1 Å². The maximum absolute atomic E-state index is 15.7. The van der Waals surface area contributed by atoms with E-state index in [0.717, 1.165) is 16.5 Å². The van der Waals surface area contributed by atoms with Crippen LogP contribution >= 0.6 is 0 Å². The molecule has 35 heavy (non-hydrogen) atoms. The maximum atomic E-state index is 15.7. The summed E-state index contributed by atoms with van der Waals surface area (Å²) in [5, 5.41) is 10.1. The first-order valence-electron chi connectivity index (χ1n) is 11.5. The lowest BCUT2D eigenvalue weighted by Crippen LogP contribution is -2.43. The van der Waals surface area contributed by atoms with Crippen LogP contribution in [0.15, 0.2) is 60.7 Å². The number of para-hydroxylation sites is 1. The molecule has 180 valence electrons. The largest absolute Gasteiger partial charge is 0.478 e. The third-order valence-electron chi connectivity index (χ3n) is 6.53. The van der Waals surface area contributed by atoms with Crippen molar-refractivity contribution in [3.63, 3.8) is 0 Å². The van der Waals surface area contributed by atoms with Crippen LogP contribution in [0, 0.1) is 11.6 Å². The fourth-order valence-electron chi connectivity index (χ4n) is 5.09. The molecule has 1 aromatic heterocycles. The summed E-state index contributed by atoms with van der Waals surface area (Å²) in [7, 11) is 0. The van der Waals surface area contributed by atoms with Crippen LogP contribution < -0.4 is 0 Å². The van der Waals surface area contributed by atoms with Crippen LogP contribution in [0.25, 0.3) is 22.0 Å². The van der Waals surface area contributed by atoms with Crippen molar-refractivity contribution >= 4 is 16.9 Å². The number of aromatic nitrogens is 1. The molecule has 0 saturated heterocycles. The van der Waals surface area contributed by atoms with Gasteiger partial charge in [0.25, 0.3) is 0 Å². The Hall–Kier alpha value is -3.58. The van der Waals surface area contributed by atoms with E-state index in [-0.39, 0.29) is 17.7 Å². The van der Waals surface area contributed by atoms with E-state index < -0.39 is 29.3 Å². The van der Waals surface area contributed by atoms with E-state index in [1.807, 2.05) is 24.3 Å². The number of rotatable bonds is 5. The van der Waals surface area contributed by atoms with Gasteiger partial charge in [0.2, 0.25) is 0 Å². The van der Waals surface area contributed by atoms with Crippen LogP contribution in [0.4, 0.5) is 13.2 Å². The zero-order valence-electron chi connectivity index (χ0n) is 19.4. The Morgan fingerprint density at radius 2 is 1.71 bits per heavy atom. The number of nitrogens with zero attached hydrogens (tertiary/aromatic N) is 1. The molecule has 1 aliphatic heterocycles. The first-order chi connectivity index (χ1) is 16.6. The van der Waals surface area contributed by atoms with E-state index >= 15 is 8.78 Å². The second-order valence-electron chi connectivity index (χ2n) is 9.64. The van der Waals surface area contributed by atoms with Crippen molar-refractivity contribution < 1.29 is 23.1 Å². The van der Waals surface area contributed by atoms with Crippen LogP contribution in [0.5, 0.6) is 0 Å². The van der Waals surface area contributed by atoms with Gasteiger partial charge < -0.3 is 10.1 Å². The van der Waals surface area contributed by atoms with Gasteiger partial charge in [-0.15, -0.1) is 0 Å². The Morgan fingerprint density at radius 3 is 2.34 bits per heavy atom. The van der Waals surface area contributed by atoms with Gasteiger partial charge in [0.05, 0.1) is 11.6 Å². The Labute approximate surface area is 201 Å². The number of carboxylic acid groups (broad SMARTS) is 1. The third kappa shape index (κ3) is 4.32. The number of carboxylic acids is 1. The summed E-state index contributed by atoms with van der Waals surface area (Å²) in [6.45, 7) is 3.40. The summed E-state index contributed by atoms with van der Waals surface area (Å²) in [6, 6.07) is 15.2. The minimum Gasteiger partial charge on any atom is -0.478 e. The molecule has 0 radical (unpaired) electrons. The SMILES string of the molecule is CC(C)(F)CN1CCc2c([nH]c3ccccc23)C1c1c(F)cc(-c2ccc(C(=O)O)cc2)cc1F. The van der Waals surface area contributed by atoms with Crippen molar-refractivity contribution in [2.75, 3.05) is 13.1 Å². The van der Waals surface area contributed by atoms with Crippen molar-refractivity contribution in [1.29, 1.82) is 0 Å². The Balaban J connectivity index is 1.63. The van der Waals surface area contributed by atoms with Gasteiger partial charge in [-0.25, -0.2) is 18.0 Å². The number of aromatic amines is 1. The second kappa shape index (κ2) is 8.57. The van der Waals surface area contributed by atoms with Crippen molar-refractivity contribution in [1.82, 2.24) is 9.88 Å². The summed E-state index contributed by atoms with van der Waals surface area (Å²) in [6.07, 6.45) is 0.642. The Kier molecular flexibility index (Phi) is 5.68. The molecule has 0 fully saturated rings. The molecular formula is C28H25F3N2O2. The van der Waals surface area contributed by atoms with Crippen LogP contribution in [-0.4, -0.2) is 39.7 Å². The van der Waals surface area contributed by atoms with Gasteiger partial charge >= 0.3 is 5.97 Å². The summed E-state index contributed by atoms with van der Waals surface area (Å²) in [4.78, 5) is 16.3. The molecule has 0 saturated carbocycles. The zero-order valence-corrected chi connectivity index (χ0v) is 19.4. The van der Waals surface area contributed by atoms with Gasteiger partial charge in [-0.2, -0.15) is 0 Å². The fraction of sp³-hybridized carbons (Fsp3) is 0.250. The third-order valence-corrected chi connectivity index (χ3v) is 6.53. The Morgan fingerprint density at radius 1 is 1.06 bits per heavy atom. The molecule has 1 unspecified atom stereocenters. The molecule has 7 heteroatoms. The van der Waals surface area contributed by atoms with Gasteiger partial charge in [-0.3, -0.25) is 4.90 Å². The molecule has 1 atom stereocenters. The number of halogens is 3. The number of aromatic carboxylic acids is 1. The molecule has 4 nitrogen and oxygen atoms in total. The van der Waals surface area contributed by atoms with E-state index in [4.69, 9.17) is 5.11 Å². The minimum atomic E-state index is -1.56. The Bertz CT molecular complexity index is 1400. The smallest absolute Gasteiger partial charge is 0.335 e. The highest BCUT2D eigenvalue weighted by atomic mass is 19.1. The highest BCUT2D eigenvalue weighted by Crippen LogP contribution is 2.42. The number of alkyl halides is 1. The van der Waals surface area contributed by atoms with Crippen molar-refractivity contribution in [2.24, 2.45) is 0 Å². The number of H-pyrrole nitrogens is 1. The molecule has 2 heterocycles. The van der Waals surface area contributed by atoms with E-state index in [2.05, 4.69) is 4.98 Å². The quantitative estimate of drug-likeness (QED) is 0.344. The van der Waals surface area contributed by atoms with Gasteiger partial charge in [0.15, 0.2) is 0 Å². The molecule has 5 rings (SSSR count). The molecule has 1 aliphatic rings.